The Kier molecular flexibility index (Phi) is 6.46. The van der Waals surface area contributed by atoms with E-state index in [1.807, 2.05) is 0 Å². The third kappa shape index (κ3) is 4.77. The third-order valence-corrected chi connectivity index (χ3v) is 6.29. The minimum absolute atomic E-state index is 0.00671. The van der Waals surface area contributed by atoms with Crippen LogP contribution < -0.4 is 5.69 Å². The summed E-state index contributed by atoms with van der Waals surface area (Å²) in [5.41, 5.74) is -1.03. The van der Waals surface area contributed by atoms with Gasteiger partial charge in [0.25, 0.3) is 0 Å². The molecule has 166 valence electrons. The number of hydrogen-bond donors (Lipinski definition) is 0. The molecule has 1 fully saturated rings. The number of rotatable bonds is 9. The van der Waals surface area contributed by atoms with Crippen molar-refractivity contribution >= 4 is 33.0 Å². The fourth-order valence-corrected chi connectivity index (χ4v) is 4.51. The molecule has 0 saturated heterocycles. The van der Waals surface area contributed by atoms with E-state index < -0.39 is 21.3 Å². The predicted octanol–water partition coefficient (Wildman–Crippen LogP) is 1.16. The van der Waals surface area contributed by atoms with Gasteiger partial charge in [-0.05, 0) is 42.3 Å². The fourth-order valence-electron chi connectivity index (χ4n) is 3.06. The highest BCUT2D eigenvalue weighted by molar-refractivity contribution is 7.90. The number of allylic oxidation sites excluding steroid dienone is 1. The molecule has 0 bridgehead atoms. The minimum atomic E-state index is -4.00. The molecule has 2 aromatic rings. The second-order valence-corrected chi connectivity index (χ2v) is 9.53. The topological polar surface area (TPSA) is 130 Å². The van der Waals surface area contributed by atoms with Gasteiger partial charge in [-0.3, -0.25) is 9.59 Å². The summed E-state index contributed by atoms with van der Waals surface area (Å²) in [5.74, 6) is -1.45. The molecule has 1 saturated carbocycles. The van der Waals surface area contributed by atoms with Gasteiger partial charge in [0.05, 0.1) is 24.3 Å². The predicted molar refractivity (Wildman–Crippen MR) is 111 cm³/mol. The molecule has 1 aromatic carbocycles. The smallest absolute Gasteiger partial charge is 0.363 e. The van der Waals surface area contributed by atoms with Crippen LogP contribution in [0.4, 0.5) is 0 Å². The molecule has 31 heavy (non-hydrogen) atoms. The van der Waals surface area contributed by atoms with Crippen molar-refractivity contribution in [3.63, 3.8) is 0 Å². The van der Waals surface area contributed by atoms with Gasteiger partial charge >= 0.3 is 5.69 Å². The Hall–Kier alpha value is -2.79. The summed E-state index contributed by atoms with van der Waals surface area (Å²) in [5, 5.41) is 7.29. The third-order valence-electron chi connectivity index (χ3n) is 4.73. The van der Waals surface area contributed by atoms with Crippen molar-refractivity contribution in [2.75, 3.05) is 12.9 Å². The molecule has 0 atom stereocenters. The van der Waals surface area contributed by atoms with Crippen LogP contribution in [0, 0.1) is 5.92 Å². The van der Waals surface area contributed by atoms with E-state index in [0.717, 1.165) is 21.9 Å². The van der Waals surface area contributed by atoms with Crippen molar-refractivity contribution in [3.05, 3.63) is 50.6 Å². The molecule has 1 heterocycles. The molecular weight excluding hydrogens is 448 g/mol. The number of benzene rings is 1. The van der Waals surface area contributed by atoms with E-state index in [1.54, 1.807) is 6.92 Å². The zero-order valence-corrected chi connectivity index (χ0v) is 18.7. The standard InChI is InChI=1S/C19H21ClN4O6S/c1-4-30-10-14(16(25)11-5-6-11)17(26)12-7-8-15(20)13(18(12)31(3,28)29)9-24-19(27)23(2)21-22-24/h7-8,10-11H,4-6,9H2,1-3H3/b14-10-. The Morgan fingerprint density at radius 3 is 2.48 bits per heavy atom. The molecule has 0 amide bonds. The number of Topliss-reactive ketones (excluding diaryl/α,β-unsaturated/α-hetero) is 2. The first kappa shape index (κ1) is 22.9. The van der Waals surface area contributed by atoms with E-state index >= 15 is 0 Å². The number of hydrogen-bond acceptors (Lipinski definition) is 8. The number of halogens is 1. The lowest BCUT2D eigenvalue weighted by Gasteiger charge is -2.15. The first-order chi connectivity index (χ1) is 14.6. The van der Waals surface area contributed by atoms with Gasteiger partial charge in [0.1, 0.15) is 5.57 Å². The van der Waals surface area contributed by atoms with Gasteiger partial charge in [0.2, 0.25) is 5.78 Å². The highest BCUT2D eigenvalue weighted by Crippen LogP contribution is 2.35. The van der Waals surface area contributed by atoms with Gasteiger partial charge in [0.15, 0.2) is 15.6 Å². The average molecular weight is 469 g/mol. The molecule has 1 aromatic heterocycles. The number of tetrazole rings is 1. The Morgan fingerprint density at radius 2 is 1.97 bits per heavy atom. The number of ether oxygens (including phenoxy) is 1. The van der Waals surface area contributed by atoms with Gasteiger partial charge in [-0.25, -0.2) is 13.2 Å². The highest BCUT2D eigenvalue weighted by atomic mass is 35.5. The summed E-state index contributed by atoms with van der Waals surface area (Å²) in [6.07, 6.45) is 3.33. The Balaban J connectivity index is 2.18. The molecule has 3 rings (SSSR count). The maximum absolute atomic E-state index is 13.3. The molecule has 12 heteroatoms. The van der Waals surface area contributed by atoms with E-state index in [2.05, 4.69) is 10.4 Å². The maximum Gasteiger partial charge on any atom is 0.363 e. The van der Waals surface area contributed by atoms with Crippen LogP contribution in [-0.4, -0.2) is 52.6 Å². The van der Waals surface area contributed by atoms with E-state index in [0.29, 0.717) is 12.8 Å². The number of ketones is 2. The summed E-state index contributed by atoms with van der Waals surface area (Å²) in [6.45, 7) is 1.60. The second-order valence-electron chi connectivity index (χ2n) is 7.17. The van der Waals surface area contributed by atoms with Gasteiger partial charge in [-0.1, -0.05) is 11.6 Å². The van der Waals surface area contributed by atoms with Crippen LogP contribution in [0.1, 0.15) is 35.7 Å². The van der Waals surface area contributed by atoms with E-state index in [4.69, 9.17) is 16.3 Å². The van der Waals surface area contributed by atoms with Crippen molar-refractivity contribution in [3.8, 4) is 0 Å². The number of carbonyl (C=O) groups excluding carboxylic acids is 2. The monoisotopic (exact) mass is 468 g/mol. The number of nitrogens with zero attached hydrogens (tertiary/aromatic N) is 4. The fraction of sp³-hybridized carbons (Fsp3) is 0.421. The SMILES string of the molecule is CCO/C=C(\C(=O)c1ccc(Cl)c(Cn2nnn(C)c2=O)c1S(C)(=O)=O)C(=O)C1CC1. The van der Waals surface area contributed by atoms with Gasteiger partial charge in [-0.15, -0.1) is 0 Å². The summed E-state index contributed by atoms with van der Waals surface area (Å²) >= 11 is 6.25. The largest absolute Gasteiger partial charge is 0.501 e. The number of aromatic nitrogens is 4. The van der Waals surface area contributed by atoms with Gasteiger partial charge in [0, 0.05) is 35.4 Å². The van der Waals surface area contributed by atoms with E-state index in [-0.39, 0.29) is 51.5 Å². The minimum Gasteiger partial charge on any atom is -0.501 e. The molecule has 0 radical (unpaired) electrons. The van der Waals surface area contributed by atoms with Crippen molar-refractivity contribution in [1.82, 2.24) is 19.8 Å². The van der Waals surface area contributed by atoms with Gasteiger partial charge < -0.3 is 4.74 Å². The van der Waals surface area contributed by atoms with Gasteiger partial charge in [-0.2, -0.15) is 9.36 Å². The van der Waals surface area contributed by atoms with Crippen molar-refractivity contribution in [2.24, 2.45) is 13.0 Å². The summed E-state index contributed by atoms with van der Waals surface area (Å²) in [7, 11) is -2.61. The molecule has 10 nitrogen and oxygen atoms in total. The average Bonchev–Trinajstić information content (AvgIpc) is 3.51. The zero-order valence-electron chi connectivity index (χ0n) is 17.2. The highest BCUT2D eigenvalue weighted by Gasteiger charge is 2.37. The van der Waals surface area contributed by atoms with Crippen LogP contribution in [0.2, 0.25) is 5.02 Å². The Morgan fingerprint density at radius 1 is 1.29 bits per heavy atom. The zero-order chi connectivity index (χ0) is 22.9. The molecule has 0 unspecified atom stereocenters. The summed E-state index contributed by atoms with van der Waals surface area (Å²) in [6, 6.07) is 2.60. The van der Waals surface area contributed by atoms with E-state index in [9.17, 15) is 22.8 Å². The number of aryl methyl sites for hydroxylation is 1. The lowest BCUT2D eigenvalue weighted by Crippen LogP contribution is -2.25. The lowest BCUT2D eigenvalue weighted by molar-refractivity contribution is -0.116. The van der Waals surface area contributed by atoms with Crippen LogP contribution in [0.15, 0.2) is 33.7 Å². The Bertz CT molecular complexity index is 1240. The lowest BCUT2D eigenvalue weighted by atomic mass is 9.97. The Labute approximate surface area is 183 Å². The summed E-state index contributed by atoms with van der Waals surface area (Å²) in [4.78, 5) is 37.7. The molecule has 0 aliphatic heterocycles. The van der Waals surface area contributed by atoms with Crippen LogP contribution >= 0.6 is 11.6 Å². The molecule has 1 aliphatic carbocycles. The van der Waals surface area contributed by atoms with Crippen molar-refractivity contribution in [2.45, 2.75) is 31.2 Å². The summed E-state index contributed by atoms with van der Waals surface area (Å²) < 4.78 is 32.5. The quantitative estimate of drug-likeness (QED) is 0.176. The van der Waals surface area contributed by atoms with Crippen molar-refractivity contribution in [1.29, 1.82) is 0 Å². The van der Waals surface area contributed by atoms with Crippen LogP contribution in [-0.2, 0) is 33.0 Å². The first-order valence-electron chi connectivity index (χ1n) is 9.45. The van der Waals surface area contributed by atoms with Crippen LogP contribution in [0.25, 0.3) is 0 Å². The molecule has 1 aliphatic rings. The van der Waals surface area contributed by atoms with Crippen LogP contribution in [0.5, 0.6) is 0 Å². The first-order valence-corrected chi connectivity index (χ1v) is 11.7. The second kappa shape index (κ2) is 8.75. The van der Waals surface area contributed by atoms with Crippen LogP contribution in [0.3, 0.4) is 0 Å². The maximum atomic E-state index is 13.3. The normalized spacial score (nSPS) is 14.5. The number of carbonyl (C=O) groups is 2. The molecular formula is C19H21ClN4O6S. The number of sulfone groups is 1. The molecule has 0 spiro atoms. The van der Waals surface area contributed by atoms with E-state index in [1.165, 1.54) is 19.2 Å². The molecule has 0 N–H and O–H groups in total. The van der Waals surface area contributed by atoms with Crippen molar-refractivity contribution < 1.29 is 22.7 Å².